The normalized spacial score (nSPS) is 11.9. The number of benzene rings is 1. The van der Waals surface area contributed by atoms with Gasteiger partial charge in [-0.3, -0.25) is 9.59 Å². The summed E-state index contributed by atoms with van der Waals surface area (Å²) >= 11 is 0. The van der Waals surface area contributed by atoms with Crippen LogP contribution >= 0.6 is 0 Å². The highest BCUT2D eigenvalue weighted by molar-refractivity contribution is 6.00. The Morgan fingerprint density at radius 1 is 0.917 bits per heavy atom. The van der Waals surface area contributed by atoms with E-state index in [-0.39, 0.29) is 19.6 Å². The molecule has 0 spiro atoms. The maximum absolute atomic E-state index is 12.7. The highest BCUT2D eigenvalue weighted by Gasteiger charge is 2.50. The van der Waals surface area contributed by atoms with E-state index in [2.05, 4.69) is 0 Å². The molecule has 1 aromatic rings. The number of carbonyl (C=O) groups excluding carboxylic acids is 2. The number of ether oxygens (including phenoxy) is 2. The van der Waals surface area contributed by atoms with Gasteiger partial charge < -0.3 is 9.47 Å². The maximum atomic E-state index is 12.7. The zero-order valence-corrected chi connectivity index (χ0v) is 13.7. The largest absolute Gasteiger partial charge is 0.465 e. The summed E-state index contributed by atoms with van der Waals surface area (Å²) in [5.41, 5.74) is -1.45. The van der Waals surface area contributed by atoms with Gasteiger partial charge in [0.2, 0.25) is 0 Å². The van der Waals surface area contributed by atoms with E-state index in [1.165, 1.54) is 13.8 Å². The number of esters is 2. The van der Waals surface area contributed by atoms with Gasteiger partial charge in [0.05, 0.1) is 13.2 Å². The zero-order chi connectivity index (χ0) is 18.2. The molecular formula is C17H21F3O4. The average Bonchev–Trinajstić information content (AvgIpc) is 2.52. The molecule has 0 aliphatic carbocycles. The Bertz CT molecular complexity index is 523. The van der Waals surface area contributed by atoms with Gasteiger partial charge in [-0.1, -0.05) is 30.3 Å². The van der Waals surface area contributed by atoms with E-state index < -0.39 is 36.4 Å². The lowest BCUT2D eigenvalue weighted by Crippen LogP contribution is -2.44. The fourth-order valence-electron chi connectivity index (χ4n) is 2.36. The maximum Gasteiger partial charge on any atom is 0.389 e. The summed E-state index contributed by atoms with van der Waals surface area (Å²) in [6, 6.07) is 8.37. The van der Waals surface area contributed by atoms with Gasteiger partial charge in [-0.15, -0.1) is 0 Å². The second kappa shape index (κ2) is 8.70. The molecule has 0 heterocycles. The summed E-state index contributed by atoms with van der Waals surface area (Å²) in [7, 11) is 0. The van der Waals surface area contributed by atoms with Gasteiger partial charge in [0.1, 0.15) is 0 Å². The zero-order valence-electron chi connectivity index (χ0n) is 13.7. The minimum absolute atomic E-state index is 0.0409. The second-order valence-electron chi connectivity index (χ2n) is 5.30. The molecule has 0 aromatic heterocycles. The smallest absolute Gasteiger partial charge is 0.389 e. The Kier molecular flexibility index (Phi) is 7.25. The summed E-state index contributed by atoms with van der Waals surface area (Å²) in [5, 5.41) is 0. The van der Waals surface area contributed by atoms with Crippen LogP contribution in [0.4, 0.5) is 13.2 Å². The van der Waals surface area contributed by atoms with Crippen LogP contribution < -0.4 is 0 Å². The molecule has 0 aliphatic heterocycles. The van der Waals surface area contributed by atoms with Gasteiger partial charge in [-0.05, 0) is 32.3 Å². The lowest BCUT2D eigenvalue weighted by Gasteiger charge is -2.29. The monoisotopic (exact) mass is 346 g/mol. The van der Waals surface area contributed by atoms with Crippen LogP contribution in [-0.2, 0) is 25.5 Å². The third-order valence-electron chi connectivity index (χ3n) is 3.52. The quantitative estimate of drug-likeness (QED) is 0.532. The Morgan fingerprint density at radius 2 is 1.42 bits per heavy atom. The van der Waals surface area contributed by atoms with Crippen molar-refractivity contribution in [2.75, 3.05) is 13.2 Å². The summed E-state index contributed by atoms with van der Waals surface area (Å²) < 4.78 is 48.0. The van der Waals surface area contributed by atoms with Crippen LogP contribution in [-0.4, -0.2) is 31.3 Å². The number of hydrogen-bond donors (Lipinski definition) is 0. The molecule has 0 amide bonds. The van der Waals surface area contributed by atoms with Crippen molar-refractivity contribution in [3.63, 3.8) is 0 Å². The van der Waals surface area contributed by atoms with Crippen LogP contribution in [0, 0.1) is 5.41 Å². The van der Waals surface area contributed by atoms with Crippen molar-refractivity contribution in [3.8, 4) is 0 Å². The Labute approximate surface area is 138 Å². The third kappa shape index (κ3) is 5.54. The fourth-order valence-corrected chi connectivity index (χ4v) is 2.36. The van der Waals surface area contributed by atoms with E-state index in [4.69, 9.17) is 9.47 Å². The van der Waals surface area contributed by atoms with Crippen LogP contribution in [0.5, 0.6) is 0 Å². The SMILES string of the molecule is CCOC(=O)C(CCC(F)(F)F)(Cc1ccccc1)C(=O)OCC. The molecule has 0 atom stereocenters. The van der Waals surface area contributed by atoms with E-state index in [0.29, 0.717) is 5.56 Å². The van der Waals surface area contributed by atoms with Crippen molar-refractivity contribution in [1.29, 1.82) is 0 Å². The Balaban J connectivity index is 3.24. The van der Waals surface area contributed by atoms with Crippen molar-refractivity contribution in [3.05, 3.63) is 35.9 Å². The van der Waals surface area contributed by atoms with Gasteiger partial charge in [0, 0.05) is 6.42 Å². The Hall–Kier alpha value is -2.05. The molecule has 4 nitrogen and oxygen atoms in total. The van der Waals surface area contributed by atoms with Crippen LogP contribution in [0.1, 0.15) is 32.3 Å². The standard InChI is InChI=1S/C17H21F3O4/c1-3-23-14(21)16(15(22)24-4-2,10-11-17(18,19)20)12-13-8-6-5-7-9-13/h5-9H,3-4,10-12H2,1-2H3. The molecule has 0 fully saturated rings. The van der Waals surface area contributed by atoms with Gasteiger partial charge in [-0.2, -0.15) is 13.2 Å². The van der Waals surface area contributed by atoms with E-state index >= 15 is 0 Å². The summed E-state index contributed by atoms with van der Waals surface area (Å²) in [5.74, 6) is -1.98. The van der Waals surface area contributed by atoms with Crippen molar-refractivity contribution in [2.24, 2.45) is 5.41 Å². The van der Waals surface area contributed by atoms with Crippen molar-refractivity contribution >= 4 is 11.9 Å². The van der Waals surface area contributed by atoms with Gasteiger partial charge in [0.25, 0.3) is 0 Å². The third-order valence-corrected chi connectivity index (χ3v) is 3.52. The number of hydrogen-bond acceptors (Lipinski definition) is 4. The van der Waals surface area contributed by atoms with Crippen LogP contribution in [0.15, 0.2) is 30.3 Å². The average molecular weight is 346 g/mol. The summed E-state index contributed by atoms with van der Waals surface area (Å²) in [4.78, 5) is 24.8. The molecular weight excluding hydrogens is 325 g/mol. The summed E-state index contributed by atoms with van der Waals surface area (Å²) in [6.45, 7) is 2.97. The number of alkyl halides is 3. The minimum atomic E-state index is -4.50. The molecule has 0 N–H and O–H groups in total. The molecule has 0 bridgehead atoms. The van der Waals surface area contributed by atoms with Crippen molar-refractivity contribution in [2.45, 2.75) is 39.3 Å². The molecule has 0 radical (unpaired) electrons. The first kappa shape index (κ1) is 20.0. The molecule has 1 rings (SSSR count). The lowest BCUT2D eigenvalue weighted by molar-refractivity contribution is -0.178. The van der Waals surface area contributed by atoms with Gasteiger partial charge in [-0.25, -0.2) is 0 Å². The number of halogens is 3. The molecule has 0 saturated heterocycles. The topological polar surface area (TPSA) is 52.6 Å². The molecule has 24 heavy (non-hydrogen) atoms. The first-order valence-corrected chi connectivity index (χ1v) is 7.70. The van der Waals surface area contributed by atoms with Crippen LogP contribution in [0.2, 0.25) is 0 Å². The van der Waals surface area contributed by atoms with Crippen LogP contribution in [0.25, 0.3) is 0 Å². The number of rotatable bonds is 8. The highest BCUT2D eigenvalue weighted by atomic mass is 19.4. The van der Waals surface area contributed by atoms with Gasteiger partial charge >= 0.3 is 18.1 Å². The molecule has 0 saturated carbocycles. The summed E-state index contributed by atoms with van der Waals surface area (Å²) in [6.07, 6.45) is -6.71. The molecule has 134 valence electrons. The molecule has 7 heteroatoms. The van der Waals surface area contributed by atoms with Crippen LogP contribution in [0.3, 0.4) is 0 Å². The Morgan fingerprint density at radius 3 is 1.83 bits per heavy atom. The first-order valence-electron chi connectivity index (χ1n) is 7.70. The lowest BCUT2D eigenvalue weighted by atomic mass is 9.77. The fraction of sp³-hybridized carbons (Fsp3) is 0.529. The minimum Gasteiger partial charge on any atom is -0.465 e. The second-order valence-corrected chi connectivity index (χ2v) is 5.30. The van der Waals surface area contributed by atoms with Crippen molar-refractivity contribution < 1.29 is 32.2 Å². The molecule has 0 unspecified atom stereocenters. The van der Waals surface area contributed by atoms with E-state index in [9.17, 15) is 22.8 Å². The molecule has 1 aromatic carbocycles. The van der Waals surface area contributed by atoms with Crippen molar-refractivity contribution in [1.82, 2.24) is 0 Å². The highest BCUT2D eigenvalue weighted by Crippen LogP contribution is 2.36. The predicted molar refractivity (Wildman–Crippen MR) is 81.1 cm³/mol. The van der Waals surface area contributed by atoms with Gasteiger partial charge in [0.15, 0.2) is 5.41 Å². The van der Waals surface area contributed by atoms with E-state index in [0.717, 1.165) is 0 Å². The molecule has 0 aliphatic rings. The predicted octanol–water partition coefficient (Wildman–Crippen LogP) is 3.68. The first-order chi connectivity index (χ1) is 11.2. The van der Waals surface area contributed by atoms with E-state index in [1.807, 2.05) is 0 Å². The van der Waals surface area contributed by atoms with E-state index in [1.54, 1.807) is 30.3 Å². The number of carbonyl (C=O) groups is 2.